The molecule has 1 aliphatic rings. The van der Waals surface area contributed by atoms with Gasteiger partial charge >= 0.3 is 12.2 Å². The van der Waals surface area contributed by atoms with Gasteiger partial charge < -0.3 is 19.5 Å². The lowest BCUT2D eigenvalue weighted by molar-refractivity contribution is -0.147. The van der Waals surface area contributed by atoms with Crippen LogP contribution in [0, 0.1) is 0 Å². The van der Waals surface area contributed by atoms with Gasteiger partial charge in [0.2, 0.25) is 11.7 Å². The van der Waals surface area contributed by atoms with E-state index in [2.05, 4.69) is 32.4 Å². The highest BCUT2D eigenvalue weighted by molar-refractivity contribution is 7.18. The van der Waals surface area contributed by atoms with Crippen LogP contribution in [0.1, 0.15) is 43.7 Å². The van der Waals surface area contributed by atoms with Gasteiger partial charge in [-0.05, 0) is 19.4 Å². The summed E-state index contributed by atoms with van der Waals surface area (Å²) in [5.74, 6) is -0.337. The fourth-order valence-corrected chi connectivity index (χ4v) is 4.77. The van der Waals surface area contributed by atoms with Crippen molar-refractivity contribution in [3.63, 3.8) is 0 Å². The molecule has 0 saturated heterocycles. The number of hydrogen-bond donors (Lipinski definition) is 1. The summed E-state index contributed by atoms with van der Waals surface area (Å²) in [5.41, 5.74) is 0. The number of amides is 1. The zero-order valence-corrected chi connectivity index (χ0v) is 19.3. The molecule has 1 N–H and O–H groups in total. The molecule has 1 unspecified atom stereocenters. The van der Waals surface area contributed by atoms with E-state index >= 15 is 0 Å². The fraction of sp³-hybridized carbons (Fsp3) is 0.550. The van der Waals surface area contributed by atoms with E-state index in [1.54, 1.807) is 18.3 Å². The van der Waals surface area contributed by atoms with Crippen LogP contribution in [0.2, 0.25) is 0 Å². The Morgan fingerprint density at radius 3 is 2.79 bits per heavy atom. The molecule has 3 aromatic rings. The molecule has 4 heterocycles. The highest BCUT2D eigenvalue weighted by Gasteiger charge is 2.39. The molecule has 0 fully saturated rings. The molecule has 178 valence electrons. The number of nitrogens with zero attached hydrogens (tertiary/aromatic N) is 6. The molecule has 1 atom stereocenters. The lowest BCUT2D eigenvalue weighted by Crippen LogP contribution is -2.36. The third kappa shape index (κ3) is 5.02. The van der Waals surface area contributed by atoms with Gasteiger partial charge in [0, 0.05) is 24.9 Å². The van der Waals surface area contributed by atoms with Crippen molar-refractivity contribution >= 4 is 33.3 Å². The average molecular weight is 484 g/mol. The molecule has 1 amide bonds. The predicted molar refractivity (Wildman–Crippen MR) is 116 cm³/mol. The number of halogens is 3. The molecule has 3 aromatic heterocycles. The number of carbonyl (C=O) groups is 1. The molecule has 0 aliphatic carbocycles. The van der Waals surface area contributed by atoms with Crippen LogP contribution >= 0.6 is 11.3 Å². The Bertz CT molecular complexity index is 1160. The molecule has 1 aliphatic heterocycles. The average Bonchev–Trinajstić information content (AvgIpc) is 3.35. The van der Waals surface area contributed by atoms with Crippen molar-refractivity contribution in [3.05, 3.63) is 22.6 Å². The number of rotatable bonds is 7. The Labute approximate surface area is 192 Å². The van der Waals surface area contributed by atoms with E-state index in [4.69, 9.17) is 4.74 Å². The zero-order chi connectivity index (χ0) is 23.8. The quantitative estimate of drug-likeness (QED) is 0.551. The maximum Gasteiger partial charge on any atom is 0.451 e. The first kappa shape index (κ1) is 23.2. The topological polar surface area (TPSA) is 98.1 Å². The van der Waals surface area contributed by atoms with Crippen LogP contribution in [0.5, 0.6) is 6.01 Å². The minimum atomic E-state index is -4.55. The molecule has 0 saturated carbocycles. The van der Waals surface area contributed by atoms with Gasteiger partial charge in [0.05, 0.1) is 18.5 Å². The molecule has 0 bridgehead atoms. The maximum absolute atomic E-state index is 13.2. The van der Waals surface area contributed by atoms with E-state index in [1.165, 1.54) is 6.92 Å². The van der Waals surface area contributed by atoms with E-state index in [0.29, 0.717) is 18.9 Å². The number of fused-ring (bicyclic) bond motifs is 2. The van der Waals surface area contributed by atoms with Crippen molar-refractivity contribution in [2.24, 2.45) is 0 Å². The Balaban J connectivity index is 1.66. The first-order valence-corrected chi connectivity index (χ1v) is 11.4. The number of aromatic nitrogens is 5. The molecule has 9 nitrogen and oxygen atoms in total. The van der Waals surface area contributed by atoms with Crippen LogP contribution in [0.4, 0.5) is 19.0 Å². The lowest BCUT2D eigenvalue weighted by Gasteiger charge is -2.29. The Kier molecular flexibility index (Phi) is 6.41. The Hall–Kier alpha value is -2.96. The SMILES string of the molecule is CCCc1cc2c(N3CCn4c(nnc4C(F)(F)F)C3)nc(OC(C)CNC(C)=O)nc2s1. The van der Waals surface area contributed by atoms with E-state index < -0.39 is 12.0 Å². The van der Waals surface area contributed by atoms with Gasteiger partial charge in [0.1, 0.15) is 16.8 Å². The normalized spacial score (nSPS) is 14.9. The lowest BCUT2D eigenvalue weighted by atomic mass is 10.2. The standard InChI is InChI=1S/C20H24F3N7O2S/c1-4-5-13-8-14-16(25-19(26-17(14)33-13)32-11(2)9-24-12(3)31)29-6-7-30-15(10-29)27-28-18(30)20(21,22)23/h8,11H,4-7,9-10H2,1-3H3,(H,24,31). The number of alkyl halides is 3. The summed E-state index contributed by atoms with van der Waals surface area (Å²) in [7, 11) is 0. The minimum Gasteiger partial charge on any atom is -0.458 e. The highest BCUT2D eigenvalue weighted by Crippen LogP contribution is 2.36. The molecule has 0 spiro atoms. The fourth-order valence-electron chi connectivity index (χ4n) is 3.66. The van der Waals surface area contributed by atoms with Gasteiger partial charge in [-0.15, -0.1) is 21.5 Å². The zero-order valence-electron chi connectivity index (χ0n) is 18.4. The predicted octanol–water partition coefficient (Wildman–Crippen LogP) is 3.18. The van der Waals surface area contributed by atoms with E-state index in [1.807, 2.05) is 11.0 Å². The molecule has 33 heavy (non-hydrogen) atoms. The van der Waals surface area contributed by atoms with Gasteiger partial charge in [-0.2, -0.15) is 23.1 Å². The number of nitrogens with one attached hydrogen (secondary N) is 1. The van der Waals surface area contributed by atoms with Crippen LogP contribution in [-0.4, -0.2) is 49.8 Å². The summed E-state index contributed by atoms with van der Waals surface area (Å²) in [5, 5.41) is 10.6. The first-order valence-electron chi connectivity index (χ1n) is 10.6. The largest absolute Gasteiger partial charge is 0.458 e. The number of ether oxygens (including phenoxy) is 1. The second-order valence-electron chi connectivity index (χ2n) is 7.89. The van der Waals surface area contributed by atoms with Crippen molar-refractivity contribution in [2.45, 2.75) is 59.0 Å². The van der Waals surface area contributed by atoms with Crippen molar-refractivity contribution in [2.75, 3.05) is 18.0 Å². The summed E-state index contributed by atoms with van der Waals surface area (Å²) >= 11 is 1.54. The van der Waals surface area contributed by atoms with Crippen molar-refractivity contribution in [1.82, 2.24) is 30.0 Å². The van der Waals surface area contributed by atoms with Crippen LogP contribution in [0.3, 0.4) is 0 Å². The summed E-state index contributed by atoms with van der Waals surface area (Å²) in [6.07, 6.45) is -3.06. The van der Waals surface area contributed by atoms with Gasteiger partial charge in [-0.1, -0.05) is 13.3 Å². The van der Waals surface area contributed by atoms with E-state index in [-0.39, 0.29) is 36.9 Å². The number of carbonyl (C=O) groups excluding carboxylic acids is 1. The van der Waals surface area contributed by atoms with Gasteiger partial charge in [-0.25, -0.2) is 0 Å². The van der Waals surface area contributed by atoms with Gasteiger partial charge in [-0.3, -0.25) is 4.79 Å². The maximum atomic E-state index is 13.2. The number of thiophene rings is 1. The molecule has 4 rings (SSSR count). The molecular formula is C20H24F3N7O2S. The van der Waals surface area contributed by atoms with Crippen LogP contribution in [0.15, 0.2) is 6.07 Å². The smallest absolute Gasteiger partial charge is 0.451 e. The Morgan fingerprint density at radius 2 is 2.09 bits per heavy atom. The molecule has 13 heteroatoms. The Morgan fingerprint density at radius 1 is 1.30 bits per heavy atom. The number of hydrogen-bond acceptors (Lipinski definition) is 8. The molecule has 0 radical (unpaired) electrons. The van der Waals surface area contributed by atoms with Gasteiger partial charge in [0.15, 0.2) is 5.82 Å². The van der Waals surface area contributed by atoms with Crippen LogP contribution in [-0.2, 0) is 30.5 Å². The first-order chi connectivity index (χ1) is 15.7. The minimum absolute atomic E-state index is 0.0871. The van der Waals surface area contributed by atoms with Crippen molar-refractivity contribution < 1.29 is 22.7 Å². The summed E-state index contributed by atoms with van der Waals surface area (Å²) in [4.78, 5) is 24.1. The van der Waals surface area contributed by atoms with Crippen LogP contribution < -0.4 is 15.0 Å². The molecular weight excluding hydrogens is 459 g/mol. The second-order valence-corrected chi connectivity index (χ2v) is 9.00. The number of anilines is 1. The monoisotopic (exact) mass is 483 g/mol. The number of aryl methyl sites for hydroxylation is 1. The third-order valence-corrected chi connectivity index (χ3v) is 6.24. The van der Waals surface area contributed by atoms with Gasteiger partial charge in [0.25, 0.3) is 0 Å². The summed E-state index contributed by atoms with van der Waals surface area (Å²) < 4.78 is 46.6. The van der Waals surface area contributed by atoms with Crippen LogP contribution in [0.25, 0.3) is 10.2 Å². The summed E-state index contributed by atoms with van der Waals surface area (Å²) in [6, 6.07) is 2.19. The highest BCUT2D eigenvalue weighted by atomic mass is 32.1. The summed E-state index contributed by atoms with van der Waals surface area (Å²) in [6.45, 7) is 6.13. The van der Waals surface area contributed by atoms with Crippen molar-refractivity contribution in [1.29, 1.82) is 0 Å². The second kappa shape index (κ2) is 9.12. The molecule has 0 aromatic carbocycles. The van der Waals surface area contributed by atoms with Crippen molar-refractivity contribution in [3.8, 4) is 6.01 Å². The third-order valence-electron chi connectivity index (χ3n) is 5.15. The van der Waals surface area contributed by atoms with E-state index in [0.717, 1.165) is 32.5 Å². The van der Waals surface area contributed by atoms with E-state index in [9.17, 15) is 18.0 Å².